The molecule has 0 unspecified atom stereocenters. The van der Waals surface area contributed by atoms with Crippen molar-refractivity contribution in [3.63, 3.8) is 0 Å². The highest BCUT2D eigenvalue weighted by atomic mass is 79.9. The molecule has 1 aromatic heterocycles. The molecule has 0 aliphatic rings. The van der Waals surface area contributed by atoms with Crippen LogP contribution in [0.4, 0.5) is 0 Å². The van der Waals surface area contributed by atoms with E-state index in [1.165, 1.54) is 5.56 Å². The molecule has 108 valence electrons. The molecule has 6 heteroatoms. The number of benzene rings is 1. The number of halogens is 1. The lowest BCUT2D eigenvalue weighted by molar-refractivity contribution is 0.552. The highest BCUT2D eigenvalue weighted by Crippen LogP contribution is 2.32. The second-order valence-corrected chi connectivity index (χ2v) is 6.96. The third-order valence-electron chi connectivity index (χ3n) is 2.66. The Kier molecular flexibility index (Phi) is 5.63. The fourth-order valence-corrected chi connectivity index (χ4v) is 3.14. The topological polar surface area (TPSA) is 53.6 Å². The van der Waals surface area contributed by atoms with Gasteiger partial charge in [0.25, 0.3) is 0 Å². The Labute approximate surface area is 132 Å². The fourth-order valence-electron chi connectivity index (χ4n) is 1.71. The molecular weight excluding hydrogens is 336 g/mol. The van der Waals surface area contributed by atoms with Gasteiger partial charge in [0, 0.05) is 15.9 Å². The molecule has 2 rings (SSSR count). The van der Waals surface area contributed by atoms with Crippen LogP contribution < -0.4 is 5.32 Å². The summed E-state index contributed by atoms with van der Waals surface area (Å²) in [5.74, 6) is 1.50. The first-order valence-corrected chi connectivity index (χ1v) is 8.21. The Morgan fingerprint density at radius 2 is 2.20 bits per heavy atom. The van der Waals surface area contributed by atoms with Crippen molar-refractivity contribution in [1.82, 2.24) is 20.5 Å². The number of aromatic nitrogens is 3. The average Bonchev–Trinajstić information content (AvgIpc) is 2.78. The van der Waals surface area contributed by atoms with Gasteiger partial charge in [-0.3, -0.25) is 5.10 Å². The minimum atomic E-state index is 0.669. The van der Waals surface area contributed by atoms with Crippen LogP contribution in [0.1, 0.15) is 25.2 Å². The Hall–Kier alpha value is -0.850. The van der Waals surface area contributed by atoms with Crippen LogP contribution in [0.15, 0.2) is 32.7 Å². The minimum absolute atomic E-state index is 0.669. The molecule has 0 radical (unpaired) electrons. The van der Waals surface area contributed by atoms with Crippen LogP contribution in [0.25, 0.3) is 0 Å². The number of hydrogen-bond donors (Lipinski definition) is 2. The molecule has 0 saturated carbocycles. The third kappa shape index (κ3) is 4.61. The Bertz CT molecular complexity index is 568. The number of rotatable bonds is 6. The molecule has 2 N–H and O–H groups in total. The number of H-pyrrole nitrogens is 1. The molecule has 0 fully saturated rings. The van der Waals surface area contributed by atoms with E-state index in [1.54, 1.807) is 11.8 Å². The lowest BCUT2D eigenvalue weighted by Gasteiger charge is -2.09. The van der Waals surface area contributed by atoms with Crippen LogP contribution in [0.5, 0.6) is 0 Å². The fraction of sp³-hybridized carbons (Fsp3) is 0.429. The highest BCUT2D eigenvalue weighted by Gasteiger charge is 2.07. The summed E-state index contributed by atoms with van der Waals surface area (Å²) in [5, 5.41) is 11.2. The predicted molar refractivity (Wildman–Crippen MR) is 85.9 cm³/mol. The van der Waals surface area contributed by atoms with Crippen LogP contribution in [0.2, 0.25) is 0 Å². The summed E-state index contributed by atoms with van der Waals surface area (Å²) in [6.07, 6.45) is 0. The van der Waals surface area contributed by atoms with Crippen molar-refractivity contribution in [2.75, 3.05) is 6.54 Å². The lowest BCUT2D eigenvalue weighted by atomic mass is 10.2. The SMILES string of the molecule is Cc1nc(Sc2ccc(CNCC(C)C)cc2Br)n[nH]1. The van der Waals surface area contributed by atoms with E-state index in [2.05, 4.69) is 68.5 Å². The summed E-state index contributed by atoms with van der Waals surface area (Å²) in [5.41, 5.74) is 1.27. The maximum absolute atomic E-state index is 4.30. The average molecular weight is 355 g/mol. The summed E-state index contributed by atoms with van der Waals surface area (Å²) < 4.78 is 1.08. The maximum atomic E-state index is 4.30. The maximum Gasteiger partial charge on any atom is 0.213 e. The smallest absolute Gasteiger partial charge is 0.213 e. The largest absolute Gasteiger partial charge is 0.312 e. The molecule has 0 atom stereocenters. The first-order chi connectivity index (χ1) is 9.54. The van der Waals surface area contributed by atoms with Crippen LogP contribution in [-0.2, 0) is 6.54 Å². The molecule has 4 nitrogen and oxygen atoms in total. The van der Waals surface area contributed by atoms with Gasteiger partial charge in [0.05, 0.1) is 0 Å². The normalized spacial score (nSPS) is 11.2. The molecule has 2 aromatic rings. The van der Waals surface area contributed by atoms with Gasteiger partial charge in [-0.25, -0.2) is 4.98 Å². The highest BCUT2D eigenvalue weighted by molar-refractivity contribution is 9.10. The van der Waals surface area contributed by atoms with E-state index in [0.29, 0.717) is 5.92 Å². The van der Waals surface area contributed by atoms with Gasteiger partial charge >= 0.3 is 0 Å². The standard InChI is InChI=1S/C14H19BrN4S/c1-9(2)7-16-8-11-4-5-13(12(15)6-11)20-14-17-10(3)18-19-14/h4-6,9,16H,7-8H2,1-3H3,(H,17,18,19). The Balaban J connectivity index is 1.98. The van der Waals surface area contributed by atoms with E-state index in [0.717, 1.165) is 33.4 Å². The Morgan fingerprint density at radius 3 is 2.80 bits per heavy atom. The summed E-state index contributed by atoms with van der Waals surface area (Å²) in [7, 11) is 0. The molecule has 0 saturated heterocycles. The first-order valence-electron chi connectivity index (χ1n) is 6.60. The quantitative estimate of drug-likeness (QED) is 0.828. The van der Waals surface area contributed by atoms with Crippen molar-refractivity contribution in [1.29, 1.82) is 0 Å². The number of nitrogens with one attached hydrogen (secondary N) is 2. The number of aromatic amines is 1. The van der Waals surface area contributed by atoms with Crippen molar-refractivity contribution in [2.45, 2.75) is 37.4 Å². The van der Waals surface area contributed by atoms with Crippen molar-refractivity contribution < 1.29 is 0 Å². The molecule has 1 heterocycles. The summed E-state index contributed by atoms with van der Waals surface area (Å²) in [4.78, 5) is 5.42. The van der Waals surface area contributed by atoms with Crippen LogP contribution in [0, 0.1) is 12.8 Å². The zero-order valence-electron chi connectivity index (χ0n) is 11.9. The van der Waals surface area contributed by atoms with Crippen LogP contribution >= 0.6 is 27.7 Å². The van der Waals surface area contributed by atoms with Gasteiger partial charge in [-0.05, 0) is 64.8 Å². The van der Waals surface area contributed by atoms with Crippen LogP contribution in [0.3, 0.4) is 0 Å². The van der Waals surface area contributed by atoms with Gasteiger partial charge in [-0.15, -0.1) is 5.10 Å². The summed E-state index contributed by atoms with van der Waals surface area (Å²) in [6.45, 7) is 8.24. The summed E-state index contributed by atoms with van der Waals surface area (Å²) >= 11 is 5.17. The van der Waals surface area contributed by atoms with Gasteiger partial charge in [-0.1, -0.05) is 19.9 Å². The van der Waals surface area contributed by atoms with Crippen molar-refractivity contribution >= 4 is 27.7 Å². The van der Waals surface area contributed by atoms with Crippen molar-refractivity contribution in [3.05, 3.63) is 34.1 Å². The van der Waals surface area contributed by atoms with Gasteiger partial charge in [-0.2, -0.15) is 0 Å². The number of aryl methyl sites for hydroxylation is 1. The van der Waals surface area contributed by atoms with Crippen molar-refractivity contribution in [3.8, 4) is 0 Å². The van der Waals surface area contributed by atoms with Gasteiger partial charge in [0.1, 0.15) is 5.82 Å². The molecule has 0 amide bonds. The van der Waals surface area contributed by atoms with E-state index in [4.69, 9.17) is 0 Å². The zero-order chi connectivity index (χ0) is 14.5. The number of hydrogen-bond acceptors (Lipinski definition) is 4. The monoisotopic (exact) mass is 354 g/mol. The van der Waals surface area contributed by atoms with Gasteiger partial charge in [0.15, 0.2) is 0 Å². The van der Waals surface area contributed by atoms with Gasteiger partial charge in [0.2, 0.25) is 5.16 Å². The predicted octanol–water partition coefficient (Wildman–Crippen LogP) is 3.77. The van der Waals surface area contributed by atoms with Gasteiger partial charge < -0.3 is 5.32 Å². The van der Waals surface area contributed by atoms with E-state index >= 15 is 0 Å². The number of nitrogens with zero attached hydrogens (tertiary/aromatic N) is 2. The molecule has 1 aromatic carbocycles. The van der Waals surface area contributed by atoms with E-state index < -0.39 is 0 Å². The third-order valence-corrected chi connectivity index (χ3v) is 4.52. The Morgan fingerprint density at radius 1 is 1.40 bits per heavy atom. The molecule has 20 heavy (non-hydrogen) atoms. The molecular formula is C14H19BrN4S. The molecule has 0 spiro atoms. The van der Waals surface area contributed by atoms with E-state index in [1.807, 2.05) is 6.92 Å². The molecule has 0 aliphatic heterocycles. The van der Waals surface area contributed by atoms with Crippen molar-refractivity contribution in [2.24, 2.45) is 5.92 Å². The van der Waals surface area contributed by atoms with E-state index in [-0.39, 0.29) is 0 Å². The van der Waals surface area contributed by atoms with Crippen LogP contribution in [-0.4, -0.2) is 21.7 Å². The van der Waals surface area contributed by atoms with E-state index in [9.17, 15) is 0 Å². The lowest BCUT2D eigenvalue weighted by Crippen LogP contribution is -2.18. The minimum Gasteiger partial charge on any atom is -0.312 e. The second kappa shape index (κ2) is 7.24. The summed E-state index contributed by atoms with van der Waals surface area (Å²) in [6, 6.07) is 6.39. The molecule has 0 bridgehead atoms. The first kappa shape index (κ1) is 15.5. The zero-order valence-corrected chi connectivity index (χ0v) is 14.3. The second-order valence-electron chi connectivity index (χ2n) is 5.09. The molecule has 0 aliphatic carbocycles.